The van der Waals surface area contributed by atoms with E-state index >= 15 is 0 Å². The number of phosphoric acid groups is 2. The fourth-order valence-corrected chi connectivity index (χ4v) is 12.4. The average molecular weight is 1430 g/mol. The predicted molar refractivity (Wildman–Crippen MR) is 400 cm³/mol. The zero-order valence-electron chi connectivity index (χ0n) is 62.5. The molecule has 3 N–H and O–H groups in total. The van der Waals surface area contributed by atoms with Gasteiger partial charge in [0.2, 0.25) is 0 Å². The number of unbranched alkanes of at least 4 members (excludes halogenated alkanes) is 39. The lowest BCUT2D eigenvalue weighted by Crippen LogP contribution is -2.30. The number of hydrogen-bond donors (Lipinski definition) is 3. The van der Waals surface area contributed by atoms with Crippen LogP contribution in [0.4, 0.5) is 0 Å². The first-order chi connectivity index (χ1) is 47.7. The molecule has 0 heterocycles. The van der Waals surface area contributed by atoms with Crippen LogP contribution in [0.5, 0.6) is 0 Å². The molecular weight excluding hydrogens is 1280 g/mol. The smallest absolute Gasteiger partial charge is 0.462 e. The van der Waals surface area contributed by atoms with Crippen molar-refractivity contribution in [3.63, 3.8) is 0 Å². The van der Waals surface area contributed by atoms with Gasteiger partial charge in [-0.25, -0.2) is 9.13 Å². The van der Waals surface area contributed by atoms with Crippen LogP contribution in [0.15, 0.2) is 60.8 Å². The molecule has 0 bridgehead atoms. The molecule has 0 aromatic rings. The Hall–Kier alpha value is -3.24. The summed E-state index contributed by atoms with van der Waals surface area (Å²) in [6, 6.07) is 0. The highest BCUT2D eigenvalue weighted by molar-refractivity contribution is 7.47. The molecule has 0 rings (SSSR count). The molecule has 0 radical (unpaired) electrons. The number of phosphoric ester groups is 2. The molecule has 0 aromatic carbocycles. The molecule has 0 spiro atoms. The number of rotatable bonds is 75. The monoisotopic (exact) mass is 1430 g/mol. The number of ether oxygens (including phenoxy) is 4. The Labute approximate surface area is 597 Å². The number of aliphatic hydroxyl groups excluding tert-OH is 1. The molecular formula is C79H144O17P2. The second-order valence-electron chi connectivity index (χ2n) is 26.6. The molecule has 0 aliphatic rings. The minimum Gasteiger partial charge on any atom is -0.462 e. The summed E-state index contributed by atoms with van der Waals surface area (Å²) in [5.74, 6) is -2.18. The van der Waals surface area contributed by atoms with Gasteiger partial charge in [-0.2, -0.15) is 0 Å². The Morgan fingerprint density at radius 3 is 0.796 bits per heavy atom. The molecule has 98 heavy (non-hydrogen) atoms. The molecule has 0 saturated carbocycles. The first kappa shape index (κ1) is 94.8. The van der Waals surface area contributed by atoms with Crippen LogP contribution in [-0.2, 0) is 65.4 Å². The van der Waals surface area contributed by atoms with Crippen LogP contribution >= 0.6 is 15.6 Å². The van der Waals surface area contributed by atoms with E-state index in [4.69, 9.17) is 37.0 Å². The number of aliphatic hydroxyl groups is 1. The Balaban J connectivity index is 5.34. The van der Waals surface area contributed by atoms with E-state index < -0.39 is 97.5 Å². The minimum absolute atomic E-state index is 0.0856. The van der Waals surface area contributed by atoms with Crippen LogP contribution < -0.4 is 0 Å². The lowest BCUT2D eigenvalue weighted by atomic mass is 10.1. The molecule has 0 aliphatic carbocycles. The van der Waals surface area contributed by atoms with Gasteiger partial charge in [0.15, 0.2) is 12.2 Å². The second-order valence-corrected chi connectivity index (χ2v) is 29.5. The molecule has 0 aliphatic heterocycles. The lowest BCUT2D eigenvalue weighted by molar-refractivity contribution is -0.161. The van der Waals surface area contributed by atoms with Gasteiger partial charge in [-0.1, -0.05) is 262 Å². The van der Waals surface area contributed by atoms with E-state index in [1.54, 1.807) is 0 Å². The van der Waals surface area contributed by atoms with Gasteiger partial charge in [0.25, 0.3) is 0 Å². The topological polar surface area (TPSA) is 237 Å². The maximum atomic E-state index is 13.1. The number of carbonyl (C=O) groups is 4. The molecule has 17 nitrogen and oxygen atoms in total. The van der Waals surface area contributed by atoms with Crippen LogP contribution in [0.3, 0.4) is 0 Å². The molecule has 0 saturated heterocycles. The van der Waals surface area contributed by atoms with Crippen molar-refractivity contribution in [2.75, 3.05) is 39.6 Å². The summed E-state index contributed by atoms with van der Waals surface area (Å²) < 4.78 is 68.5. The van der Waals surface area contributed by atoms with Crippen LogP contribution in [0.2, 0.25) is 0 Å². The number of hydrogen-bond acceptors (Lipinski definition) is 15. The van der Waals surface area contributed by atoms with Crippen molar-refractivity contribution < 1.29 is 80.2 Å². The summed E-state index contributed by atoms with van der Waals surface area (Å²) in [7, 11) is -9.95. The van der Waals surface area contributed by atoms with Gasteiger partial charge in [-0.15, -0.1) is 0 Å². The van der Waals surface area contributed by atoms with E-state index in [0.717, 1.165) is 161 Å². The third-order valence-electron chi connectivity index (χ3n) is 16.9. The third kappa shape index (κ3) is 71.2. The van der Waals surface area contributed by atoms with Crippen molar-refractivity contribution >= 4 is 39.5 Å². The molecule has 0 amide bonds. The molecule has 572 valence electrons. The molecule has 5 unspecified atom stereocenters. The van der Waals surface area contributed by atoms with Crippen LogP contribution in [0.1, 0.15) is 362 Å². The van der Waals surface area contributed by atoms with Crippen molar-refractivity contribution in [2.45, 2.75) is 380 Å². The van der Waals surface area contributed by atoms with E-state index in [9.17, 15) is 43.2 Å². The van der Waals surface area contributed by atoms with Crippen LogP contribution in [-0.4, -0.2) is 96.7 Å². The predicted octanol–water partition coefficient (Wildman–Crippen LogP) is 22.7. The van der Waals surface area contributed by atoms with Gasteiger partial charge in [0.05, 0.1) is 26.4 Å². The fourth-order valence-electron chi connectivity index (χ4n) is 10.8. The zero-order valence-corrected chi connectivity index (χ0v) is 64.3. The Bertz CT molecular complexity index is 2100. The molecule has 19 heteroatoms. The Morgan fingerprint density at radius 1 is 0.286 bits per heavy atom. The molecule has 0 fully saturated rings. The van der Waals surface area contributed by atoms with Crippen molar-refractivity contribution in [3.05, 3.63) is 60.8 Å². The second kappa shape index (κ2) is 72.1. The van der Waals surface area contributed by atoms with Crippen LogP contribution in [0, 0.1) is 0 Å². The summed E-state index contributed by atoms with van der Waals surface area (Å²) >= 11 is 0. The van der Waals surface area contributed by atoms with E-state index in [1.807, 2.05) is 0 Å². The lowest BCUT2D eigenvalue weighted by Gasteiger charge is -2.21. The van der Waals surface area contributed by atoms with Gasteiger partial charge in [-0.3, -0.25) is 37.3 Å². The third-order valence-corrected chi connectivity index (χ3v) is 18.8. The van der Waals surface area contributed by atoms with Crippen molar-refractivity contribution in [1.29, 1.82) is 0 Å². The van der Waals surface area contributed by atoms with Crippen molar-refractivity contribution in [2.24, 2.45) is 0 Å². The molecule has 0 aromatic heterocycles. The van der Waals surface area contributed by atoms with Crippen LogP contribution in [0.25, 0.3) is 0 Å². The molecule has 5 atom stereocenters. The van der Waals surface area contributed by atoms with Crippen molar-refractivity contribution in [1.82, 2.24) is 0 Å². The number of esters is 4. The first-order valence-electron chi connectivity index (χ1n) is 39.5. The summed E-state index contributed by atoms with van der Waals surface area (Å²) in [5, 5.41) is 10.6. The van der Waals surface area contributed by atoms with E-state index in [1.165, 1.54) is 122 Å². The SMILES string of the molecule is CCCCCC=CCC=CCCCCCCCC(=O)OCC(COP(=O)(O)OCC(O)COP(=O)(O)OCC(COC(=O)CCCCCCCCCC=CCCCCCC)OC(=O)CCCCCCCC=CCCCCCC)OC(=O)CCCCCCCC=CCCCCCCCC. The summed E-state index contributed by atoms with van der Waals surface area (Å²) in [6.45, 7) is 4.84. The quantitative estimate of drug-likeness (QED) is 0.0169. The normalized spacial score (nSPS) is 14.2. The highest BCUT2D eigenvalue weighted by atomic mass is 31.2. The van der Waals surface area contributed by atoms with E-state index in [0.29, 0.717) is 25.7 Å². The Morgan fingerprint density at radius 2 is 0.500 bits per heavy atom. The fraction of sp³-hybridized carbons (Fsp3) is 0.823. The first-order valence-corrected chi connectivity index (χ1v) is 42.5. The highest BCUT2D eigenvalue weighted by Gasteiger charge is 2.30. The summed E-state index contributed by atoms with van der Waals surface area (Å²) in [5.41, 5.74) is 0. The number of allylic oxidation sites excluding steroid dienone is 10. The zero-order chi connectivity index (χ0) is 71.8. The maximum absolute atomic E-state index is 13.1. The Kier molecular flexibility index (Phi) is 69.7. The maximum Gasteiger partial charge on any atom is 0.472 e. The van der Waals surface area contributed by atoms with Crippen molar-refractivity contribution in [3.8, 4) is 0 Å². The highest BCUT2D eigenvalue weighted by Crippen LogP contribution is 2.45. The standard InChI is InChI=1S/C79H144O17P2/c1-5-9-13-17-21-25-29-33-36-40-43-47-51-55-59-63-76(81)89-69-74(95-78(83)65-61-57-53-49-45-39-32-28-24-20-16-12-8-4)71-93-97(85,86)91-67-73(80)68-92-98(87,88)94-72-75(96-79(84)66-62-58-54-50-46-42-38-35-31-27-23-19-15-11-7-3)70-90-77(82)64-60-56-52-48-44-41-37-34-30-26-22-18-14-10-6-2/h22,25-26,28-29,32,34-35,37-38,73-75,80H,5-21,23-24,27,30-31,33,36,39-72H2,1-4H3,(H,85,86)(H,87,88). The van der Waals surface area contributed by atoms with Gasteiger partial charge in [0, 0.05) is 25.7 Å². The van der Waals surface area contributed by atoms with Gasteiger partial charge in [-0.05, 0) is 135 Å². The number of carbonyl (C=O) groups excluding carboxylic acids is 4. The summed E-state index contributed by atoms with van der Waals surface area (Å²) in [6.07, 6.45) is 70.5. The summed E-state index contributed by atoms with van der Waals surface area (Å²) in [4.78, 5) is 72.9. The van der Waals surface area contributed by atoms with Gasteiger partial charge < -0.3 is 33.8 Å². The minimum atomic E-state index is -4.97. The van der Waals surface area contributed by atoms with Gasteiger partial charge >= 0.3 is 39.5 Å². The van der Waals surface area contributed by atoms with E-state index in [-0.39, 0.29) is 25.7 Å². The van der Waals surface area contributed by atoms with Gasteiger partial charge in [0.1, 0.15) is 19.3 Å². The average Bonchev–Trinajstić information content (AvgIpc) is 1.04. The van der Waals surface area contributed by atoms with E-state index in [2.05, 4.69) is 88.5 Å². The largest absolute Gasteiger partial charge is 0.472 e.